The van der Waals surface area contributed by atoms with Gasteiger partial charge in [0.25, 0.3) is 5.91 Å². The van der Waals surface area contributed by atoms with Crippen molar-refractivity contribution in [3.8, 4) is 0 Å². The van der Waals surface area contributed by atoms with E-state index >= 15 is 0 Å². The monoisotopic (exact) mass is 483 g/mol. The Morgan fingerprint density at radius 3 is 2.28 bits per heavy atom. The Morgan fingerprint density at radius 2 is 1.66 bits per heavy atom. The van der Waals surface area contributed by atoms with Crippen molar-refractivity contribution >= 4 is 45.0 Å². The van der Waals surface area contributed by atoms with Crippen molar-refractivity contribution in [2.24, 2.45) is 0 Å². The summed E-state index contributed by atoms with van der Waals surface area (Å²) in [6, 6.07) is 10.4. The maximum Gasteiger partial charge on any atom is 0.411 e. The Hall–Kier alpha value is -2.66. The number of rotatable bonds is 10. The number of anilines is 2. The molecule has 0 bridgehead atoms. The number of halogens is 1. The van der Waals surface area contributed by atoms with Crippen LogP contribution in [0.15, 0.2) is 47.4 Å². The molecule has 0 aliphatic carbocycles. The molecule has 0 saturated carbocycles. The highest BCUT2D eigenvalue weighted by Gasteiger charge is 2.24. The van der Waals surface area contributed by atoms with E-state index in [2.05, 4.69) is 10.6 Å². The van der Waals surface area contributed by atoms with Gasteiger partial charge in [-0.1, -0.05) is 31.5 Å². The normalized spacial score (nSPS) is 11.3. The second kappa shape index (κ2) is 11.8. The maximum atomic E-state index is 12.8. The highest BCUT2D eigenvalue weighted by molar-refractivity contribution is 7.89. The van der Waals surface area contributed by atoms with E-state index in [-0.39, 0.29) is 28.7 Å². The number of hydrogen-bond acceptors (Lipinski definition) is 6. The molecule has 174 valence electrons. The quantitative estimate of drug-likeness (QED) is 0.496. The van der Waals surface area contributed by atoms with Crippen LogP contribution in [-0.4, -0.2) is 58.1 Å². The van der Waals surface area contributed by atoms with Crippen molar-refractivity contribution < 1.29 is 27.5 Å². The van der Waals surface area contributed by atoms with Crippen LogP contribution in [0.4, 0.5) is 16.2 Å². The van der Waals surface area contributed by atoms with Crippen LogP contribution in [0, 0.1) is 0 Å². The summed E-state index contributed by atoms with van der Waals surface area (Å²) in [5, 5.41) is 5.31. The predicted molar refractivity (Wildman–Crippen MR) is 123 cm³/mol. The number of benzene rings is 2. The highest BCUT2D eigenvalue weighted by atomic mass is 35.5. The Balaban J connectivity index is 2.18. The molecular formula is C21H26ClN3O6S. The van der Waals surface area contributed by atoms with Gasteiger partial charge >= 0.3 is 6.09 Å². The first-order chi connectivity index (χ1) is 15.2. The number of nitrogens with zero attached hydrogens (tertiary/aromatic N) is 1. The Morgan fingerprint density at radius 1 is 1.00 bits per heavy atom. The predicted octanol–water partition coefficient (Wildman–Crippen LogP) is 3.82. The molecule has 0 saturated heterocycles. The number of sulfonamides is 1. The van der Waals surface area contributed by atoms with Crippen LogP contribution in [0.2, 0.25) is 5.02 Å². The van der Waals surface area contributed by atoms with E-state index in [4.69, 9.17) is 21.1 Å². The molecule has 0 aromatic heterocycles. The fraction of sp³-hybridized carbons (Fsp3) is 0.333. The van der Waals surface area contributed by atoms with Crippen LogP contribution in [0.5, 0.6) is 0 Å². The van der Waals surface area contributed by atoms with Gasteiger partial charge in [-0.2, -0.15) is 4.31 Å². The lowest BCUT2D eigenvalue weighted by Crippen LogP contribution is -2.30. The van der Waals surface area contributed by atoms with Gasteiger partial charge in [-0.15, -0.1) is 0 Å². The van der Waals surface area contributed by atoms with Crippen LogP contribution in [0.1, 0.15) is 24.2 Å². The second-order valence-corrected chi connectivity index (χ2v) is 8.86. The van der Waals surface area contributed by atoms with Crippen molar-refractivity contribution in [2.45, 2.75) is 18.7 Å². The van der Waals surface area contributed by atoms with Crippen LogP contribution < -0.4 is 10.6 Å². The first-order valence-electron chi connectivity index (χ1n) is 9.86. The molecule has 0 fully saturated rings. The molecular weight excluding hydrogens is 458 g/mol. The molecule has 0 aliphatic heterocycles. The Bertz CT molecular complexity index is 1060. The zero-order chi connectivity index (χ0) is 23.7. The van der Waals surface area contributed by atoms with Gasteiger partial charge in [0.1, 0.15) is 6.61 Å². The van der Waals surface area contributed by atoms with E-state index in [0.717, 1.165) is 0 Å². The Labute approximate surface area is 192 Å². The standard InChI is InChI=1S/C21H26ClN3O6S/c1-4-25(5-2)32(28,29)17-9-10-19(22)18(14-17)20(26)23-15-7-6-8-16(13-15)24-21(27)31-12-11-30-3/h6-10,13-14H,4-5,11-12H2,1-3H3,(H,23,26)(H,24,27). The first-order valence-corrected chi connectivity index (χ1v) is 11.7. The molecule has 32 heavy (non-hydrogen) atoms. The van der Waals surface area contributed by atoms with E-state index in [1.165, 1.54) is 35.7 Å². The lowest BCUT2D eigenvalue weighted by molar-refractivity contribution is 0.102. The number of hydrogen-bond donors (Lipinski definition) is 2. The summed E-state index contributed by atoms with van der Waals surface area (Å²) >= 11 is 6.16. The number of carbonyl (C=O) groups is 2. The van der Waals surface area contributed by atoms with Crippen molar-refractivity contribution in [1.29, 1.82) is 0 Å². The maximum absolute atomic E-state index is 12.8. The van der Waals surface area contributed by atoms with Gasteiger partial charge in [0.2, 0.25) is 10.0 Å². The first kappa shape index (κ1) is 25.6. The van der Waals surface area contributed by atoms with Crippen LogP contribution in [0.25, 0.3) is 0 Å². The topological polar surface area (TPSA) is 114 Å². The molecule has 11 heteroatoms. The highest BCUT2D eigenvalue weighted by Crippen LogP contribution is 2.24. The number of nitrogens with one attached hydrogen (secondary N) is 2. The number of amides is 2. The van der Waals surface area contributed by atoms with Gasteiger partial charge in [0.05, 0.1) is 22.1 Å². The third-order valence-electron chi connectivity index (χ3n) is 4.41. The molecule has 0 radical (unpaired) electrons. The van der Waals surface area contributed by atoms with Crippen LogP contribution in [-0.2, 0) is 19.5 Å². The molecule has 0 unspecified atom stereocenters. The average Bonchev–Trinajstić information content (AvgIpc) is 2.75. The summed E-state index contributed by atoms with van der Waals surface area (Å²) in [6.07, 6.45) is -0.664. The van der Waals surface area contributed by atoms with Crippen LogP contribution in [0.3, 0.4) is 0 Å². The molecule has 0 aliphatic rings. The second-order valence-electron chi connectivity index (χ2n) is 6.52. The van der Waals surface area contributed by atoms with Gasteiger partial charge in [-0.25, -0.2) is 13.2 Å². The average molecular weight is 484 g/mol. The number of carbonyl (C=O) groups excluding carboxylic acids is 2. The summed E-state index contributed by atoms with van der Waals surface area (Å²) in [6.45, 7) is 4.45. The molecule has 2 N–H and O–H groups in total. The van der Waals surface area contributed by atoms with E-state index in [1.807, 2.05) is 0 Å². The molecule has 2 rings (SSSR count). The van der Waals surface area contributed by atoms with E-state index in [0.29, 0.717) is 24.5 Å². The third-order valence-corrected chi connectivity index (χ3v) is 6.79. The van der Waals surface area contributed by atoms with Gasteiger partial charge in [-0.3, -0.25) is 10.1 Å². The number of ether oxygens (including phenoxy) is 2. The smallest absolute Gasteiger partial charge is 0.411 e. The summed E-state index contributed by atoms with van der Waals surface area (Å²) in [4.78, 5) is 24.5. The van der Waals surface area contributed by atoms with E-state index < -0.39 is 22.0 Å². The minimum Gasteiger partial charge on any atom is -0.447 e. The largest absolute Gasteiger partial charge is 0.447 e. The summed E-state index contributed by atoms with van der Waals surface area (Å²) in [5.41, 5.74) is 0.782. The van der Waals surface area contributed by atoms with E-state index in [1.54, 1.807) is 32.0 Å². The molecule has 2 aromatic rings. The molecule has 0 spiro atoms. The molecule has 9 nitrogen and oxygen atoms in total. The SMILES string of the molecule is CCN(CC)S(=O)(=O)c1ccc(Cl)c(C(=O)Nc2cccc(NC(=O)OCCOC)c2)c1. The summed E-state index contributed by atoms with van der Waals surface area (Å²) in [5.74, 6) is -0.591. The molecule has 2 amide bonds. The summed E-state index contributed by atoms with van der Waals surface area (Å²) in [7, 11) is -2.26. The number of methoxy groups -OCH3 is 1. The van der Waals surface area contributed by atoms with E-state index in [9.17, 15) is 18.0 Å². The van der Waals surface area contributed by atoms with Gasteiger partial charge in [0.15, 0.2) is 0 Å². The fourth-order valence-electron chi connectivity index (χ4n) is 2.80. The molecule has 0 heterocycles. The zero-order valence-corrected chi connectivity index (χ0v) is 19.6. The van der Waals surface area contributed by atoms with Crippen molar-refractivity contribution in [3.63, 3.8) is 0 Å². The zero-order valence-electron chi connectivity index (χ0n) is 18.1. The minimum absolute atomic E-state index is 0.0113. The molecule has 2 aromatic carbocycles. The molecule has 0 atom stereocenters. The van der Waals surface area contributed by atoms with Gasteiger partial charge in [-0.05, 0) is 36.4 Å². The van der Waals surface area contributed by atoms with Gasteiger partial charge < -0.3 is 14.8 Å². The van der Waals surface area contributed by atoms with Crippen molar-refractivity contribution in [1.82, 2.24) is 4.31 Å². The van der Waals surface area contributed by atoms with Crippen LogP contribution >= 0.6 is 11.6 Å². The lowest BCUT2D eigenvalue weighted by Gasteiger charge is -2.19. The Kier molecular flexibility index (Phi) is 9.45. The summed E-state index contributed by atoms with van der Waals surface area (Å²) < 4.78 is 36.6. The minimum atomic E-state index is -3.75. The van der Waals surface area contributed by atoms with Crippen molar-refractivity contribution in [2.75, 3.05) is 44.0 Å². The third kappa shape index (κ3) is 6.67. The van der Waals surface area contributed by atoms with Crippen molar-refractivity contribution in [3.05, 3.63) is 53.1 Å². The lowest BCUT2D eigenvalue weighted by atomic mass is 10.2. The fourth-order valence-corrected chi connectivity index (χ4v) is 4.48. The van der Waals surface area contributed by atoms with Gasteiger partial charge in [0, 0.05) is 31.6 Å².